The van der Waals surface area contributed by atoms with Gasteiger partial charge in [0.15, 0.2) is 0 Å². The number of carbonyl (C=O) groups excluding carboxylic acids is 2. The van der Waals surface area contributed by atoms with E-state index in [1.165, 1.54) is 12.4 Å². The van der Waals surface area contributed by atoms with Crippen LogP contribution in [0.15, 0.2) is 12.4 Å². The van der Waals surface area contributed by atoms with Gasteiger partial charge in [-0.15, -0.1) is 0 Å². The second-order valence-electron chi connectivity index (χ2n) is 3.36. The maximum Gasteiger partial charge on any atom is 0.307 e. The molecule has 0 unspecified atom stereocenters. The van der Waals surface area contributed by atoms with Crippen LogP contribution in [-0.4, -0.2) is 42.0 Å². The Morgan fingerprint density at radius 2 is 2.00 bits per heavy atom. The Morgan fingerprint density at radius 3 is 2.56 bits per heavy atom. The van der Waals surface area contributed by atoms with Crippen LogP contribution in [0.25, 0.3) is 0 Å². The molecule has 18 heavy (non-hydrogen) atoms. The molecule has 98 valence electrons. The smallest absolute Gasteiger partial charge is 0.307 e. The predicted octanol–water partition coefficient (Wildman–Crippen LogP) is 0.201. The topological polar surface area (TPSA) is 93.2 Å². The lowest BCUT2D eigenvalue weighted by molar-refractivity contribution is -0.142. The zero-order valence-corrected chi connectivity index (χ0v) is 10.4. The number of anilines is 1. The average molecular weight is 252 g/mol. The Kier molecular flexibility index (Phi) is 5.56. The number of carbonyl (C=O) groups is 2. The summed E-state index contributed by atoms with van der Waals surface area (Å²) in [6, 6.07) is 0. The third kappa shape index (κ3) is 4.36. The van der Waals surface area contributed by atoms with Crippen LogP contribution in [-0.2, 0) is 9.53 Å². The van der Waals surface area contributed by atoms with Gasteiger partial charge in [-0.2, -0.15) is 0 Å². The Bertz CT molecular complexity index is 405. The van der Waals surface area contributed by atoms with E-state index in [0.717, 1.165) is 5.69 Å². The molecule has 1 rings (SSSR count). The number of esters is 1. The zero-order valence-electron chi connectivity index (χ0n) is 10.4. The van der Waals surface area contributed by atoms with Crippen molar-refractivity contribution in [3.8, 4) is 0 Å². The molecular weight excluding hydrogens is 236 g/mol. The third-order valence-electron chi connectivity index (χ3n) is 2.06. The van der Waals surface area contributed by atoms with Crippen LogP contribution in [0.1, 0.15) is 24.0 Å². The molecule has 0 aliphatic rings. The molecule has 7 heteroatoms. The summed E-state index contributed by atoms with van der Waals surface area (Å²) >= 11 is 0. The van der Waals surface area contributed by atoms with E-state index >= 15 is 0 Å². The van der Waals surface area contributed by atoms with E-state index in [1.54, 1.807) is 14.0 Å². The van der Waals surface area contributed by atoms with Crippen LogP contribution in [0.4, 0.5) is 5.69 Å². The molecule has 7 nitrogen and oxygen atoms in total. The molecule has 0 atom stereocenters. The number of nitrogens with zero attached hydrogens (tertiary/aromatic N) is 2. The fourth-order valence-electron chi connectivity index (χ4n) is 1.16. The first-order valence-corrected chi connectivity index (χ1v) is 5.61. The molecule has 0 aromatic carbocycles. The standard InChI is InChI=1S/C11H16N4O3/c1-3-18-9(16)4-5-13-11(17)10-14-6-8(12-2)7-15-10/h6-7,12H,3-5H2,1-2H3,(H,13,17). The summed E-state index contributed by atoms with van der Waals surface area (Å²) in [5, 5.41) is 5.39. The molecule has 1 aromatic heterocycles. The number of ether oxygens (including phenoxy) is 1. The lowest BCUT2D eigenvalue weighted by Crippen LogP contribution is -2.28. The number of hydrogen-bond donors (Lipinski definition) is 2. The molecule has 0 saturated heterocycles. The molecule has 0 fully saturated rings. The summed E-state index contributed by atoms with van der Waals surface area (Å²) in [5.74, 6) is -0.691. The minimum absolute atomic E-state index is 0.0675. The van der Waals surface area contributed by atoms with E-state index in [9.17, 15) is 9.59 Å². The number of amides is 1. The largest absolute Gasteiger partial charge is 0.466 e. The van der Waals surface area contributed by atoms with Crippen molar-refractivity contribution in [2.45, 2.75) is 13.3 Å². The van der Waals surface area contributed by atoms with Crippen LogP contribution in [0.2, 0.25) is 0 Å². The van der Waals surface area contributed by atoms with Gasteiger partial charge in [-0.05, 0) is 6.92 Å². The van der Waals surface area contributed by atoms with Gasteiger partial charge in [-0.1, -0.05) is 0 Å². The maximum atomic E-state index is 11.6. The van der Waals surface area contributed by atoms with Gasteiger partial charge >= 0.3 is 5.97 Å². The third-order valence-corrected chi connectivity index (χ3v) is 2.06. The molecule has 0 spiro atoms. The van der Waals surface area contributed by atoms with E-state index in [0.29, 0.717) is 6.61 Å². The van der Waals surface area contributed by atoms with Gasteiger partial charge in [-0.3, -0.25) is 9.59 Å². The highest BCUT2D eigenvalue weighted by molar-refractivity contribution is 5.90. The van der Waals surface area contributed by atoms with Crippen molar-refractivity contribution in [1.82, 2.24) is 15.3 Å². The average Bonchev–Trinajstić information content (AvgIpc) is 2.39. The quantitative estimate of drug-likeness (QED) is 0.702. The number of aromatic nitrogens is 2. The fraction of sp³-hybridized carbons (Fsp3) is 0.455. The zero-order chi connectivity index (χ0) is 13.4. The Morgan fingerprint density at radius 1 is 1.33 bits per heavy atom. The molecule has 0 bridgehead atoms. The van der Waals surface area contributed by atoms with E-state index in [4.69, 9.17) is 4.74 Å². The highest BCUT2D eigenvalue weighted by atomic mass is 16.5. The highest BCUT2D eigenvalue weighted by Crippen LogP contribution is 2.00. The molecule has 0 aliphatic carbocycles. The van der Waals surface area contributed by atoms with E-state index in [1.807, 2.05) is 0 Å². The predicted molar refractivity (Wildman–Crippen MR) is 65.2 cm³/mol. The number of rotatable bonds is 6. The van der Waals surface area contributed by atoms with Crippen molar-refractivity contribution >= 4 is 17.6 Å². The second-order valence-corrected chi connectivity index (χ2v) is 3.36. The summed E-state index contributed by atoms with van der Waals surface area (Å²) in [6.45, 7) is 2.27. The van der Waals surface area contributed by atoms with Crippen molar-refractivity contribution in [1.29, 1.82) is 0 Å². The van der Waals surface area contributed by atoms with Gasteiger partial charge in [0, 0.05) is 13.6 Å². The van der Waals surface area contributed by atoms with Crippen molar-refractivity contribution < 1.29 is 14.3 Å². The summed E-state index contributed by atoms with van der Waals surface area (Å²) in [5.41, 5.74) is 0.720. The molecule has 1 heterocycles. The van der Waals surface area contributed by atoms with Gasteiger partial charge in [0.1, 0.15) is 0 Å². The van der Waals surface area contributed by atoms with Crippen LogP contribution in [0.5, 0.6) is 0 Å². The maximum absolute atomic E-state index is 11.6. The summed E-state index contributed by atoms with van der Waals surface area (Å²) in [6.07, 6.45) is 3.15. The summed E-state index contributed by atoms with van der Waals surface area (Å²) < 4.78 is 4.73. The first-order valence-electron chi connectivity index (χ1n) is 5.61. The van der Waals surface area contributed by atoms with Gasteiger partial charge in [-0.25, -0.2) is 9.97 Å². The first kappa shape index (κ1) is 13.9. The first-order chi connectivity index (χ1) is 8.67. The highest BCUT2D eigenvalue weighted by Gasteiger charge is 2.09. The minimum Gasteiger partial charge on any atom is -0.466 e. The SMILES string of the molecule is CCOC(=O)CCNC(=O)c1ncc(NC)cn1. The molecule has 0 radical (unpaired) electrons. The lowest BCUT2D eigenvalue weighted by Gasteiger charge is -2.04. The van der Waals surface area contributed by atoms with E-state index in [2.05, 4.69) is 20.6 Å². The van der Waals surface area contributed by atoms with E-state index < -0.39 is 5.91 Å². The van der Waals surface area contributed by atoms with Gasteiger partial charge in [0.25, 0.3) is 5.91 Å². The number of hydrogen-bond acceptors (Lipinski definition) is 6. The van der Waals surface area contributed by atoms with Crippen molar-refractivity contribution in [2.75, 3.05) is 25.5 Å². The van der Waals surface area contributed by atoms with Crippen molar-refractivity contribution in [3.05, 3.63) is 18.2 Å². The molecule has 1 aromatic rings. The molecule has 0 aliphatic heterocycles. The van der Waals surface area contributed by atoms with Gasteiger partial charge in [0.2, 0.25) is 5.82 Å². The van der Waals surface area contributed by atoms with Gasteiger partial charge < -0.3 is 15.4 Å². The van der Waals surface area contributed by atoms with Crippen LogP contribution in [0, 0.1) is 0 Å². The molecular formula is C11H16N4O3. The Balaban J connectivity index is 2.38. The van der Waals surface area contributed by atoms with Crippen molar-refractivity contribution in [3.63, 3.8) is 0 Å². The van der Waals surface area contributed by atoms with Crippen LogP contribution < -0.4 is 10.6 Å². The normalized spacial score (nSPS) is 9.67. The van der Waals surface area contributed by atoms with E-state index in [-0.39, 0.29) is 24.8 Å². The van der Waals surface area contributed by atoms with Gasteiger partial charge in [0.05, 0.1) is 31.1 Å². The summed E-state index contributed by atoms with van der Waals surface area (Å²) in [7, 11) is 1.73. The Hall–Kier alpha value is -2.18. The number of nitrogens with one attached hydrogen (secondary N) is 2. The van der Waals surface area contributed by atoms with Crippen molar-refractivity contribution in [2.24, 2.45) is 0 Å². The van der Waals surface area contributed by atoms with Crippen LogP contribution in [0.3, 0.4) is 0 Å². The minimum atomic E-state index is -0.415. The second kappa shape index (κ2) is 7.21. The molecule has 0 saturated carbocycles. The monoisotopic (exact) mass is 252 g/mol. The lowest BCUT2D eigenvalue weighted by atomic mass is 10.4. The summed E-state index contributed by atoms with van der Waals surface area (Å²) in [4.78, 5) is 30.4. The molecule has 2 N–H and O–H groups in total. The van der Waals surface area contributed by atoms with Crippen LogP contribution >= 0.6 is 0 Å². The fourth-order valence-corrected chi connectivity index (χ4v) is 1.16. The Labute approximate surface area is 105 Å². The molecule has 1 amide bonds.